The molecular formula is C17H17BrF3NO2. The van der Waals surface area contributed by atoms with Gasteiger partial charge in [0.15, 0.2) is 5.43 Å². The van der Waals surface area contributed by atoms with Crippen LogP contribution in [0, 0.1) is 12.7 Å². The molecule has 1 aliphatic rings. The summed E-state index contributed by atoms with van der Waals surface area (Å²) in [4.78, 5) is 14.4. The molecule has 0 bridgehead atoms. The van der Waals surface area contributed by atoms with Crippen molar-refractivity contribution in [1.82, 2.24) is 0 Å². The van der Waals surface area contributed by atoms with Crippen molar-refractivity contribution >= 4 is 32.8 Å². The van der Waals surface area contributed by atoms with Crippen molar-refractivity contribution in [3.05, 3.63) is 39.3 Å². The summed E-state index contributed by atoms with van der Waals surface area (Å²) in [6.45, 7) is 1.84. The Morgan fingerprint density at radius 1 is 1.29 bits per heavy atom. The Labute approximate surface area is 145 Å². The summed E-state index contributed by atoms with van der Waals surface area (Å²) in [6, 6.07) is 2.69. The van der Waals surface area contributed by atoms with Gasteiger partial charge in [-0.15, -0.1) is 0 Å². The lowest BCUT2D eigenvalue weighted by atomic mass is 10.0. The number of nitrogens with zero attached hydrogens (tertiary/aromatic N) is 1. The molecule has 0 radical (unpaired) electrons. The molecule has 24 heavy (non-hydrogen) atoms. The minimum Gasteiger partial charge on any atom is -0.440 e. The smallest absolute Gasteiger partial charge is 0.251 e. The summed E-state index contributed by atoms with van der Waals surface area (Å²) in [5.41, 5.74) is 0.626. The van der Waals surface area contributed by atoms with Gasteiger partial charge in [0.2, 0.25) is 5.88 Å². The van der Waals surface area contributed by atoms with Crippen molar-refractivity contribution in [2.75, 3.05) is 23.3 Å². The predicted octanol–water partition coefficient (Wildman–Crippen LogP) is 4.41. The number of aryl methyl sites for hydroxylation is 1. The van der Waals surface area contributed by atoms with Gasteiger partial charge in [0.05, 0.1) is 10.9 Å². The predicted molar refractivity (Wildman–Crippen MR) is 91.1 cm³/mol. The Kier molecular flexibility index (Phi) is 4.64. The maximum absolute atomic E-state index is 14.1. The first-order chi connectivity index (χ1) is 11.3. The van der Waals surface area contributed by atoms with Crippen LogP contribution in [0.2, 0.25) is 0 Å². The maximum Gasteiger partial charge on any atom is 0.251 e. The fourth-order valence-electron chi connectivity index (χ4n) is 3.08. The summed E-state index contributed by atoms with van der Waals surface area (Å²) >= 11 is 3.26. The summed E-state index contributed by atoms with van der Waals surface area (Å²) < 4.78 is 46.6. The molecular weight excluding hydrogens is 387 g/mol. The second-order valence-electron chi connectivity index (χ2n) is 6.04. The molecule has 3 rings (SSSR count). The van der Waals surface area contributed by atoms with Gasteiger partial charge in [-0.1, -0.05) is 15.9 Å². The Bertz CT molecular complexity index is 825. The van der Waals surface area contributed by atoms with Crippen molar-refractivity contribution in [3.8, 4) is 0 Å². The highest BCUT2D eigenvalue weighted by molar-refractivity contribution is 9.09. The number of halogens is 4. The summed E-state index contributed by atoms with van der Waals surface area (Å²) in [7, 11) is 0. The van der Waals surface area contributed by atoms with Gasteiger partial charge in [-0.25, -0.2) is 13.2 Å². The van der Waals surface area contributed by atoms with Gasteiger partial charge in [-0.3, -0.25) is 4.79 Å². The molecule has 2 aromatic rings. The van der Waals surface area contributed by atoms with Gasteiger partial charge in [0.1, 0.15) is 11.4 Å². The standard InChI is InChI=1S/C17H17BrF3NO2/c1-10-15(23)14-11(4-7-18)12(19)2-3-13(14)24-16(10)22-8-5-17(20,21)6-9-22/h2-3H,4-9H2,1H3. The van der Waals surface area contributed by atoms with E-state index in [0.29, 0.717) is 28.8 Å². The van der Waals surface area contributed by atoms with E-state index in [4.69, 9.17) is 4.42 Å². The zero-order valence-corrected chi connectivity index (χ0v) is 14.8. The minimum absolute atomic E-state index is 0.123. The van der Waals surface area contributed by atoms with E-state index in [0.717, 1.165) is 0 Å². The summed E-state index contributed by atoms with van der Waals surface area (Å²) in [6.07, 6.45) is -0.179. The molecule has 130 valence electrons. The van der Waals surface area contributed by atoms with Crippen LogP contribution in [-0.4, -0.2) is 24.3 Å². The van der Waals surface area contributed by atoms with Crippen LogP contribution >= 0.6 is 15.9 Å². The largest absolute Gasteiger partial charge is 0.440 e. The van der Waals surface area contributed by atoms with Crippen molar-refractivity contribution < 1.29 is 17.6 Å². The minimum atomic E-state index is -2.67. The van der Waals surface area contributed by atoms with Gasteiger partial charge < -0.3 is 9.32 Å². The van der Waals surface area contributed by atoms with Crippen molar-refractivity contribution in [2.24, 2.45) is 0 Å². The van der Waals surface area contributed by atoms with Crippen molar-refractivity contribution in [2.45, 2.75) is 32.1 Å². The van der Waals surface area contributed by atoms with Gasteiger partial charge in [-0.2, -0.15) is 0 Å². The van der Waals surface area contributed by atoms with E-state index >= 15 is 0 Å². The molecule has 1 aromatic carbocycles. The molecule has 1 saturated heterocycles. The maximum atomic E-state index is 14.1. The SMILES string of the molecule is Cc1c(N2CCC(F)(F)CC2)oc2ccc(F)c(CCBr)c2c1=O. The lowest BCUT2D eigenvalue weighted by Gasteiger charge is -2.32. The van der Waals surface area contributed by atoms with E-state index in [9.17, 15) is 18.0 Å². The number of fused-ring (bicyclic) bond motifs is 1. The van der Waals surface area contributed by atoms with Crippen LogP contribution in [-0.2, 0) is 6.42 Å². The number of piperidine rings is 1. The van der Waals surface area contributed by atoms with E-state index in [1.807, 2.05) is 0 Å². The molecule has 1 fully saturated rings. The molecule has 0 unspecified atom stereocenters. The summed E-state index contributed by atoms with van der Waals surface area (Å²) in [5.74, 6) is -2.81. The molecule has 0 amide bonds. The van der Waals surface area contributed by atoms with Crippen LogP contribution in [0.15, 0.2) is 21.3 Å². The highest BCUT2D eigenvalue weighted by atomic mass is 79.9. The van der Waals surface area contributed by atoms with Crippen LogP contribution in [0.25, 0.3) is 11.0 Å². The molecule has 7 heteroatoms. The second kappa shape index (κ2) is 6.43. The summed E-state index contributed by atoms with van der Waals surface area (Å²) in [5, 5.41) is 0.753. The second-order valence-corrected chi connectivity index (χ2v) is 6.84. The zero-order valence-electron chi connectivity index (χ0n) is 13.2. The third-order valence-electron chi connectivity index (χ3n) is 4.44. The monoisotopic (exact) mass is 403 g/mol. The first-order valence-corrected chi connectivity index (χ1v) is 8.90. The Balaban J connectivity index is 2.11. The van der Waals surface area contributed by atoms with Gasteiger partial charge >= 0.3 is 0 Å². The third kappa shape index (κ3) is 3.06. The molecule has 1 aromatic heterocycles. The van der Waals surface area contributed by atoms with Gasteiger partial charge in [-0.05, 0) is 25.5 Å². The number of hydrogen-bond acceptors (Lipinski definition) is 3. The van der Waals surface area contributed by atoms with Crippen LogP contribution in [0.5, 0.6) is 0 Å². The Morgan fingerprint density at radius 3 is 2.58 bits per heavy atom. The van der Waals surface area contributed by atoms with E-state index < -0.39 is 11.7 Å². The first kappa shape index (κ1) is 17.3. The normalized spacial score (nSPS) is 17.5. The van der Waals surface area contributed by atoms with E-state index in [1.165, 1.54) is 12.1 Å². The molecule has 0 spiro atoms. The third-order valence-corrected chi connectivity index (χ3v) is 4.84. The van der Waals surface area contributed by atoms with Gasteiger partial charge in [0, 0.05) is 36.8 Å². The van der Waals surface area contributed by atoms with Gasteiger partial charge in [0.25, 0.3) is 5.92 Å². The van der Waals surface area contributed by atoms with E-state index in [-0.39, 0.29) is 42.3 Å². The van der Waals surface area contributed by atoms with Crippen LogP contribution in [0.4, 0.5) is 19.1 Å². The molecule has 0 saturated carbocycles. The lowest BCUT2D eigenvalue weighted by molar-refractivity contribution is -0.0225. The molecule has 0 aliphatic carbocycles. The van der Waals surface area contributed by atoms with Crippen molar-refractivity contribution in [1.29, 1.82) is 0 Å². The van der Waals surface area contributed by atoms with Crippen LogP contribution in [0.1, 0.15) is 24.0 Å². The highest BCUT2D eigenvalue weighted by Crippen LogP contribution is 2.33. The fraction of sp³-hybridized carbons (Fsp3) is 0.471. The van der Waals surface area contributed by atoms with Crippen molar-refractivity contribution in [3.63, 3.8) is 0 Å². The zero-order chi connectivity index (χ0) is 17.5. The number of benzene rings is 1. The van der Waals surface area contributed by atoms with E-state index in [2.05, 4.69) is 15.9 Å². The number of alkyl halides is 3. The molecule has 0 N–H and O–H groups in total. The first-order valence-electron chi connectivity index (χ1n) is 7.77. The highest BCUT2D eigenvalue weighted by Gasteiger charge is 2.35. The molecule has 1 aliphatic heterocycles. The molecule has 3 nitrogen and oxygen atoms in total. The topological polar surface area (TPSA) is 33.5 Å². The number of anilines is 1. The molecule has 0 atom stereocenters. The average molecular weight is 404 g/mol. The Morgan fingerprint density at radius 2 is 1.96 bits per heavy atom. The van der Waals surface area contributed by atoms with Crippen LogP contribution < -0.4 is 10.3 Å². The quantitative estimate of drug-likeness (QED) is 0.711. The number of rotatable bonds is 3. The number of hydrogen-bond donors (Lipinski definition) is 0. The fourth-order valence-corrected chi connectivity index (χ4v) is 3.47. The molecule has 2 heterocycles. The van der Waals surface area contributed by atoms with E-state index in [1.54, 1.807) is 11.8 Å². The lowest BCUT2D eigenvalue weighted by Crippen LogP contribution is -2.40. The average Bonchev–Trinajstić information content (AvgIpc) is 2.54. The van der Waals surface area contributed by atoms with Crippen LogP contribution in [0.3, 0.4) is 0 Å². The Hall–Kier alpha value is -1.50.